The molecule has 3 aromatic rings. The minimum absolute atomic E-state index is 0.239. The summed E-state index contributed by atoms with van der Waals surface area (Å²) in [5.74, 6) is -1.60. The molecule has 0 aliphatic heterocycles. The molecule has 0 aromatic heterocycles. The third-order valence-corrected chi connectivity index (χ3v) is 4.48. The molecule has 0 heterocycles. The number of carbonyl (C=O) groups excluding carboxylic acids is 3. The topological polar surface area (TPSA) is 106 Å². The fourth-order valence-corrected chi connectivity index (χ4v) is 3.03. The third kappa shape index (κ3) is 6.51. The molecule has 0 aliphatic rings. The molecule has 2 N–H and O–H groups in total. The molecule has 0 saturated heterocycles. The molecule has 33 heavy (non-hydrogen) atoms. The van der Waals surface area contributed by atoms with Crippen LogP contribution in [0.2, 0.25) is 0 Å². The van der Waals surface area contributed by atoms with Crippen LogP contribution in [0.4, 0.5) is 5.69 Å². The SMILES string of the molecule is COc1cccc(C(=O)Oc2ccccc2/C=N/NC(=O)C(=O)Nc2cc(C)cc(C)c2)c1. The predicted molar refractivity (Wildman–Crippen MR) is 125 cm³/mol. The number of benzene rings is 3. The van der Waals surface area contributed by atoms with Crippen molar-refractivity contribution in [3.8, 4) is 11.5 Å². The Hall–Kier alpha value is -4.46. The molecule has 0 aliphatic carbocycles. The summed E-state index contributed by atoms with van der Waals surface area (Å²) in [5, 5.41) is 6.34. The molecule has 0 fully saturated rings. The number of para-hydroxylation sites is 1. The van der Waals surface area contributed by atoms with Gasteiger partial charge in [-0.1, -0.05) is 24.3 Å². The minimum atomic E-state index is -0.934. The number of aryl methyl sites for hydroxylation is 2. The normalized spacial score (nSPS) is 10.5. The van der Waals surface area contributed by atoms with Crippen molar-refractivity contribution in [2.45, 2.75) is 13.8 Å². The third-order valence-electron chi connectivity index (χ3n) is 4.48. The Morgan fingerprint density at radius 3 is 2.33 bits per heavy atom. The maximum Gasteiger partial charge on any atom is 0.343 e. The first-order valence-corrected chi connectivity index (χ1v) is 10.0. The summed E-state index contributed by atoms with van der Waals surface area (Å²) in [6.07, 6.45) is 1.29. The molecule has 0 atom stereocenters. The summed E-state index contributed by atoms with van der Waals surface area (Å²) >= 11 is 0. The van der Waals surface area contributed by atoms with E-state index in [2.05, 4.69) is 15.8 Å². The number of nitrogens with one attached hydrogen (secondary N) is 2. The minimum Gasteiger partial charge on any atom is -0.497 e. The number of anilines is 1. The van der Waals surface area contributed by atoms with Crippen LogP contribution in [-0.2, 0) is 9.59 Å². The van der Waals surface area contributed by atoms with Gasteiger partial charge in [-0.25, -0.2) is 10.2 Å². The molecule has 8 heteroatoms. The number of hydrazone groups is 1. The van der Waals surface area contributed by atoms with Gasteiger partial charge in [0, 0.05) is 11.3 Å². The van der Waals surface area contributed by atoms with E-state index in [9.17, 15) is 14.4 Å². The van der Waals surface area contributed by atoms with Crippen LogP contribution in [0.3, 0.4) is 0 Å². The second-order valence-electron chi connectivity index (χ2n) is 7.19. The first kappa shape index (κ1) is 23.2. The monoisotopic (exact) mass is 445 g/mol. The highest BCUT2D eigenvalue weighted by atomic mass is 16.5. The zero-order valence-electron chi connectivity index (χ0n) is 18.4. The lowest BCUT2D eigenvalue weighted by atomic mass is 10.1. The van der Waals surface area contributed by atoms with Crippen molar-refractivity contribution < 1.29 is 23.9 Å². The van der Waals surface area contributed by atoms with Crippen LogP contribution in [0.5, 0.6) is 11.5 Å². The maximum atomic E-state index is 12.5. The largest absolute Gasteiger partial charge is 0.497 e. The summed E-state index contributed by atoms with van der Waals surface area (Å²) in [6.45, 7) is 3.79. The van der Waals surface area contributed by atoms with Gasteiger partial charge in [0.25, 0.3) is 0 Å². The average molecular weight is 445 g/mol. The number of ether oxygens (including phenoxy) is 2. The Morgan fingerprint density at radius 2 is 1.61 bits per heavy atom. The van der Waals surface area contributed by atoms with Gasteiger partial charge in [0.2, 0.25) is 0 Å². The summed E-state index contributed by atoms with van der Waals surface area (Å²) in [7, 11) is 1.51. The van der Waals surface area contributed by atoms with E-state index in [1.807, 2.05) is 19.9 Å². The van der Waals surface area contributed by atoms with E-state index in [0.29, 0.717) is 22.6 Å². The number of hydrogen-bond donors (Lipinski definition) is 2. The molecule has 0 saturated carbocycles. The van der Waals surface area contributed by atoms with E-state index in [4.69, 9.17) is 9.47 Å². The molecule has 2 amide bonds. The van der Waals surface area contributed by atoms with Crippen molar-refractivity contribution in [1.82, 2.24) is 5.43 Å². The first-order chi connectivity index (χ1) is 15.9. The fraction of sp³-hybridized carbons (Fsp3) is 0.120. The van der Waals surface area contributed by atoms with Gasteiger partial charge in [0.15, 0.2) is 0 Å². The number of methoxy groups -OCH3 is 1. The average Bonchev–Trinajstić information content (AvgIpc) is 2.79. The van der Waals surface area contributed by atoms with E-state index in [-0.39, 0.29) is 5.75 Å². The summed E-state index contributed by atoms with van der Waals surface area (Å²) < 4.78 is 10.6. The van der Waals surface area contributed by atoms with Crippen molar-refractivity contribution in [3.63, 3.8) is 0 Å². The Labute approximate surface area is 191 Å². The van der Waals surface area contributed by atoms with Gasteiger partial charge in [0.1, 0.15) is 11.5 Å². The lowest BCUT2D eigenvalue weighted by Crippen LogP contribution is -2.32. The van der Waals surface area contributed by atoms with Crippen molar-refractivity contribution in [2.24, 2.45) is 5.10 Å². The van der Waals surface area contributed by atoms with E-state index in [1.54, 1.807) is 60.7 Å². The zero-order valence-corrected chi connectivity index (χ0v) is 18.4. The van der Waals surface area contributed by atoms with Gasteiger partial charge in [-0.2, -0.15) is 5.10 Å². The van der Waals surface area contributed by atoms with Crippen LogP contribution in [0.1, 0.15) is 27.0 Å². The number of rotatable bonds is 6. The van der Waals surface area contributed by atoms with Crippen LogP contribution in [0.15, 0.2) is 71.8 Å². The van der Waals surface area contributed by atoms with E-state index < -0.39 is 17.8 Å². The van der Waals surface area contributed by atoms with Gasteiger partial charge in [-0.15, -0.1) is 0 Å². The van der Waals surface area contributed by atoms with Crippen LogP contribution < -0.4 is 20.2 Å². The smallest absolute Gasteiger partial charge is 0.343 e. The standard InChI is InChI=1S/C25H23N3O5/c1-16-11-17(2)13-20(12-16)27-23(29)24(30)28-26-15-19-7-4-5-10-22(19)33-25(31)18-8-6-9-21(14-18)32-3/h4-15H,1-3H3,(H,27,29)(H,28,30)/b26-15+. The molecule has 8 nitrogen and oxygen atoms in total. The number of carbonyl (C=O) groups is 3. The maximum absolute atomic E-state index is 12.5. The van der Waals surface area contributed by atoms with Crippen molar-refractivity contribution in [2.75, 3.05) is 12.4 Å². The molecule has 0 bridgehead atoms. The molecule has 168 valence electrons. The molecular weight excluding hydrogens is 422 g/mol. The van der Waals surface area contributed by atoms with Gasteiger partial charge >= 0.3 is 17.8 Å². The summed E-state index contributed by atoms with van der Waals surface area (Å²) in [5.41, 5.74) is 5.36. The lowest BCUT2D eigenvalue weighted by molar-refractivity contribution is -0.136. The van der Waals surface area contributed by atoms with Crippen molar-refractivity contribution in [1.29, 1.82) is 0 Å². The summed E-state index contributed by atoms with van der Waals surface area (Å²) in [6, 6.07) is 18.7. The number of amides is 2. The van der Waals surface area contributed by atoms with Crippen LogP contribution in [-0.4, -0.2) is 31.1 Å². The molecule has 3 aromatic carbocycles. The predicted octanol–water partition coefficient (Wildman–Crippen LogP) is 3.62. The van der Waals surface area contributed by atoms with Gasteiger partial charge in [-0.3, -0.25) is 9.59 Å². The Balaban J connectivity index is 1.63. The van der Waals surface area contributed by atoms with Crippen LogP contribution >= 0.6 is 0 Å². The van der Waals surface area contributed by atoms with Gasteiger partial charge < -0.3 is 14.8 Å². The van der Waals surface area contributed by atoms with Gasteiger partial charge in [-0.05, 0) is 67.4 Å². The second kappa shape index (κ2) is 10.7. The fourth-order valence-electron chi connectivity index (χ4n) is 3.03. The molecule has 0 radical (unpaired) electrons. The van der Waals surface area contributed by atoms with Gasteiger partial charge in [0.05, 0.1) is 18.9 Å². The van der Waals surface area contributed by atoms with E-state index >= 15 is 0 Å². The highest BCUT2D eigenvalue weighted by Crippen LogP contribution is 2.19. The number of nitrogens with zero attached hydrogens (tertiary/aromatic N) is 1. The lowest BCUT2D eigenvalue weighted by Gasteiger charge is -2.08. The zero-order chi connectivity index (χ0) is 23.8. The van der Waals surface area contributed by atoms with Crippen molar-refractivity contribution in [3.05, 3.63) is 89.0 Å². The molecular formula is C25H23N3O5. The quantitative estimate of drug-likeness (QED) is 0.198. The summed E-state index contributed by atoms with van der Waals surface area (Å²) in [4.78, 5) is 36.7. The number of esters is 1. The van der Waals surface area contributed by atoms with Crippen molar-refractivity contribution >= 4 is 29.7 Å². The van der Waals surface area contributed by atoms with E-state index in [1.165, 1.54) is 13.3 Å². The molecule has 3 rings (SSSR count). The molecule has 0 spiro atoms. The Kier molecular flexibility index (Phi) is 7.54. The second-order valence-corrected chi connectivity index (χ2v) is 7.19. The highest BCUT2D eigenvalue weighted by Gasteiger charge is 2.14. The van der Waals surface area contributed by atoms with E-state index in [0.717, 1.165) is 11.1 Å². The van der Waals surface area contributed by atoms with Crippen LogP contribution in [0, 0.1) is 13.8 Å². The molecule has 0 unspecified atom stereocenters. The first-order valence-electron chi connectivity index (χ1n) is 10.0. The Morgan fingerprint density at radius 1 is 0.879 bits per heavy atom. The number of hydrogen-bond acceptors (Lipinski definition) is 6. The highest BCUT2D eigenvalue weighted by molar-refractivity contribution is 6.39. The van der Waals surface area contributed by atoms with Crippen LogP contribution in [0.25, 0.3) is 0 Å². The Bertz CT molecular complexity index is 1200.